The normalized spacial score (nSPS) is 11.7. The molecule has 1 aromatic carbocycles. The number of nitrogens with one attached hydrogen (secondary N) is 1. The standard InChI is InChI=1S/C17H18N4O4S2/c1-3-21(11-16-19-17(20-25-16)15-5-4-10-26-15)27(23,24)14-8-6-13(7-9-14)18-12(2)22/h4-10H,3,11H2,1-2H3,(H,18,22). The number of rotatable bonds is 7. The van der Waals surface area contributed by atoms with Gasteiger partial charge in [-0.1, -0.05) is 18.1 Å². The number of hydrogen-bond donors (Lipinski definition) is 1. The van der Waals surface area contributed by atoms with Crippen molar-refractivity contribution in [1.29, 1.82) is 0 Å². The molecule has 10 heteroatoms. The molecule has 0 saturated carbocycles. The van der Waals surface area contributed by atoms with Gasteiger partial charge in [0.25, 0.3) is 0 Å². The number of thiophene rings is 1. The number of carbonyl (C=O) groups excluding carboxylic acids is 1. The highest BCUT2D eigenvalue weighted by Crippen LogP contribution is 2.23. The Balaban J connectivity index is 1.78. The van der Waals surface area contributed by atoms with Crippen LogP contribution in [0.2, 0.25) is 0 Å². The fourth-order valence-electron chi connectivity index (χ4n) is 2.41. The summed E-state index contributed by atoms with van der Waals surface area (Å²) in [6, 6.07) is 9.74. The van der Waals surface area contributed by atoms with Crippen LogP contribution in [-0.2, 0) is 21.4 Å². The van der Waals surface area contributed by atoms with E-state index in [-0.39, 0.29) is 29.8 Å². The predicted octanol–water partition coefficient (Wildman–Crippen LogP) is 2.97. The minimum atomic E-state index is -3.74. The van der Waals surface area contributed by atoms with Crippen molar-refractivity contribution >= 4 is 33.0 Å². The summed E-state index contributed by atoms with van der Waals surface area (Å²) in [4.78, 5) is 16.3. The highest BCUT2D eigenvalue weighted by Gasteiger charge is 2.25. The van der Waals surface area contributed by atoms with E-state index in [4.69, 9.17) is 4.52 Å². The van der Waals surface area contributed by atoms with Crippen molar-refractivity contribution in [2.75, 3.05) is 11.9 Å². The maximum atomic E-state index is 12.9. The fourth-order valence-corrected chi connectivity index (χ4v) is 4.45. The third-order valence-electron chi connectivity index (χ3n) is 3.69. The van der Waals surface area contributed by atoms with Crippen LogP contribution >= 0.6 is 11.3 Å². The Morgan fingerprint density at radius 3 is 2.59 bits per heavy atom. The van der Waals surface area contributed by atoms with Gasteiger partial charge in [0.05, 0.1) is 16.3 Å². The number of benzene rings is 1. The molecular weight excluding hydrogens is 388 g/mol. The molecule has 142 valence electrons. The molecule has 0 aliphatic heterocycles. The second-order valence-corrected chi connectivity index (χ2v) is 8.51. The average molecular weight is 406 g/mol. The van der Waals surface area contributed by atoms with Crippen molar-refractivity contribution in [3.05, 3.63) is 47.7 Å². The van der Waals surface area contributed by atoms with Crippen molar-refractivity contribution in [3.63, 3.8) is 0 Å². The third-order valence-corrected chi connectivity index (χ3v) is 6.49. The number of nitrogens with zero attached hydrogens (tertiary/aromatic N) is 3. The van der Waals surface area contributed by atoms with Crippen molar-refractivity contribution in [1.82, 2.24) is 14.4 Å². The fraction of sp³-hybridized carbons (Fsp3) is 0.235. The first kappa shape index (κ1) is 19.2. The Hall–Kier alpha value is -2.56. The molecule has 3 aromatic rings. The lowest BCUT2D eigenvalue weighted by Gasteiger charge is -2.18. The highest BCUT2D eigenvalue weighted by atomic mass is 32.2. The van der Waals surface area contributed by atoms with Gasteiger partial charge >= 0.3 is 0 Å². The first-order valence-electron chi connectivity index (χ1n) is 8.14. The molecule has 0 saturated heterocycles. The zero-order valence-corrected chi connectivity index (χ0v) is 16.4. The predicted molar refractivity (Wildman–Crippen MR) is 102 cm³/mol. The van der Waals surface area contributed by atoms with Gasteiger partial charge in [-0.25, -0.2) is 8.42 Å². The van der Waals surface area contributed by atoms with Gasteiger partial charge < -0.3 is 9.84 Å². The molecule has 2 aromatic heterocycles. The van der Waals surface area contributed by atoms with Gasteiger partial charge in [0.2, 0.25) is 27.6 Å². The van der Waals surface area contributed by atoms with E-state index in [1.165, 1.54) is 34.7 Å². The first-order chi connectivity index (χ1) is 12.9. The van der Waals surface area contributed by atoms with Crippen LogP contribution < -0.4 is 5.32 Å². The molecule has 1 amide bonds. The molecule has 0 bridgehead atoms. The summed E-state index contributed by atoms with van der Waals surface area (Å²) in [5.74, 6) is 0.436. The van der Waals surface area contributed by atoms with Crippen LogP contribution in [0.25, 0.3) is 10.7 Å². The summed E-state index contributed by atoms with van der Waals surface area (Å²) in [5, 5.41) is 8.41. The van der Waals surface area contributed by atoms with Crippen molar-refractivity contribution in [2.45, 2.75) is 25.3 Å². The van der Waals surface area contributed by atoms with Crippen LogP contribution in [-0.4, -0.2) is 35.3 Å². The maximum absolute atomic E-state index is 12.9. The van der Waals surface area contributed by atoms with E-state index in [2.05, 4.69) is 15.5 Å². The smallest absolute Gasteiger partial charge is 0.243 e. The topological polar surface area (TPSA) is 105 Å². The summed E-state index contributed by atoms with van der Waals surface area (Å²) in [6.45, 7) is 3.34. The van der Waals surface area contributed by atoms with E-state index in [0.717, 1.165) is 4.88 Å². The van der Waals surface area contributed by atoms with Crippen LogP contribution in [0.4, 0.5) is 5.69 Å². The molecule has 3 rings (SSSR count). The van der Waals surface area contributed by atoms with Crippen molar-refractivity contribution < 1.29 is 17.7 Å². The zero-order valence-electron chi connectivity index (χ0n) is 14.7. The number of anilines is 1. The molecule has 0 aliphatic carbocycles. The van der Waals surface area contributed by atoms with Gasteiger partial charge in [-0.05, 0) is 35.7 Å². The molecule has 0 atom stereocenters. The molecule has 0 spiro atoms. The van der Waals surface area contributed by atoms with Crippen LogP contribution in [0.15, 0.2) is 51.2 Å². The average Bonchev–Trinajstić information content (AvgIpc) is 3.31. The van der Waals surface area contributed by atoms with Gasteiger partial charge in [0, 0.05) is 19.2 Å². The van der Waals surface area contributed by atoms with Crippen molar-refractivity contribution in [2.24, 2.45) is 0 Å². The highest BCUT2D eigenvalue weighted by molar-refractivity contribution is 7.89. The van der Waals surface area contributed by atoms with Crippen LogP contribution in [0.3, 0.4) is 0 Å². The van der Waals surface area contributed by atoms with E-state index in [1.807, 2.05) is 17.5 Å². The molecule has 2 heterocycles. The minimum Gasteiger partial charge on any atom is -0.337 e. The number of amides is 1. The Morgan fingerprint density at radius 1 is 1.26 bits per heavy atom. The monoisotopic (exact) mass is 406 g/mol. The van der Waals surface area contributed by atoms with Gasteiger partial charge in [0.15, 0.2) is 0 Å². The molecule has 27 heavy (non-hydrogen) atoms. The van der Waals surface area contributed by atoms with Gasteiger partial charge in [-0.3, -0.25) is 4.79 Å². The van der Waals surface area contributed by atoms with Gasteiger partial charge in [-0.15, -0.1) is 11.3 Å². The second kappa shape index (κ2) is 7.99. The molecular formula is C17H18N4O4S2. The van der Waals surface area contributed by atoms with Crippen LogP contribution in [0.5, 0.6) is 0 Å². The summed E-state index contributed by atoms with van der Waals surface area (Å²) < 4.78 is 32.2. The van der Waals surface area contributed by atoms with E-state index in [1.54, 1.807) is 19.1 Å². The zero-order chi connectivity index (χ0) is 19.4. The lowest BCUT2D eigenvalue weighted by atomic mass is 10.3. The molecule has 0 aliphatic rings. The molecule has 0 fully saturated rings. The Bertz CT molecular complexity index is 1010. The number of sulfonamides is 1. The molecule has 0 radical (unpaired) electrons. The number of aromatic nitrogens is 2. The van der Waals surface area contributed by atoms with Crippen molar-refractivity contribution in [3.8, 4) is 10.7 Å². The Morgan fingerprint density at radius 2 is 2.00 bits per heavy atom. The Labute approximate surface area is 160 Å². The molecule has 8 nitrogen and oxygen atoms in total. The van der Waals surface area contributed by atoms with Crippen LogP contribution in [0.1, 0.15) is 19.7 Å². The second-order valence-electron chi connectivity index (χ2n) is 5.63. The van der Waals surface area contributed by atoms with E-state index in [0.29, 0.717) is 11.5 Å². The number of hydrogen-bond acceptors (Lipinski definition) is 7. The third kappa shape index (κ3) is 4.41. The Kier molecular flexibility index (Phi) is 5.68. The van der Waals surface area contributed by atoms with E-state index >= 15 is 0 Å². The summed E-state index contributed by atoms with van der Waals surface area (Å²) >= 11 is 1.48. The lowest BCUT2D eigenvalue weighted by molar-refractivity contribution is -0.114. The first-order valence-corrected chi connectivity index (χ1v) is 10.5. The quantitative estimate of drug-likeness (QED) is 0.647. The molecule has 1 N–H and O–H groups in total. The van der Waals surface area contributed by atoms with Gasteiger partial charge in [0.1, 0.15) is 0 Å². The van der Waals surface area contributed by atoms with E-state index < -0.39 is 10.0 Å². The molecule has 0 unspecified atom stereocenters. The van der Waals surface area contributed by atoms with E-state index in [9.17, 15) is 13.2 Å². The number of carbonyl (C=O) groups is 1. The largest absolute Gasteiger partial charge is 0.337 e. The summed E-state index contributed by atoms with van der Waals surface area (Å²) in [5.41, 5.74) is 0.530. The minimum absolute atomic E-state index is 0.0232. The lowest BCUT2D eigenvalue weighted by Crippen LogP contribution is -2.30. The summed E-state index contributed by atoms with van der Waals surface area (Å²) in [6.07, 6.45) is 0. The SMILES string of the molecule is CCN(Cc1nc(-c2cccs2)no1)S(=O)(=O)c1ccc(NC(C)=O)cc1. The van der Waals surface area contributed by atoms with Gasteiger partial charge in [-0.2, -0.15) is 9.29 Å². The van der Waals surface area contributed by atoms with Crippen LogP contribution in [0, 0.1) is 0 Å². The maximum Gasteiger partial charge on any atom is 0.243 e. The summed E-state index contributed by atoms with van der Waals surface area (Å²) in [7, 11) is -3.74.